The molecule has 0 spiro atoms. The van der Waals surface area contributed by atoms with E-state index >= 15 is 0 Å². The molecule has 3 heterocycles. The molecule has 196 valence electrons. The number of aromatic nitrogens is 4. The third-order valence-electron chi connectivity index (χ3n) is 6.37. The summed E-state index contributed by atoms with van der Waals surface area (Å²) in [7, 11) is 1.62. The van der Waals surface area contributed by atoms with Crippen molar-refractivity contribution in [2.75, 3.05) is 7.11 Å². The lowest BCUT2D eigenvalue weighted by Gasteiger charge is -2.26. The Labute approximate surface area is 219 Å². The van der Waals surface area contributed by atoms with Gasteiger partial charge in [-0.3, -0.25) is 18.7 Å². The van der Waals surface area contributed by atoms with E-state index in [1.165, 1.54) is 15.9 Å². The minimum Gasteiger partial charge on any atom is -0.496 e. The predicted molar refractivity (Wildman–Crippen MR) is 146 cm³/mol. The molecule has 37 heavy (non-hydrogen) atoms. The topological polar surface area (TPSA) is 100 Å². The highest BCUT2D eigenvalue weighted by Gasteiger charge is 2.31. The number of nitrogens with zero attached hydrogens (tertiary/aromatic N) is 4. The Bertz CT molecular complexity index is 1540. The van der Waals surface area contributed by atoms with Gasteiger partial charge in [0, 0.05) is 37.1 Å². The van der Waals surface area contributed by atoms with E-state index in [-0.39, 0.29) is 18.5 Å². The molecule has 1 aromatic carbocycles. The van der Waals surface area contributed by atoms with E-state index in [9.17, 15) is 14.4 Å². The van der Waals surface area contributed by atoms with Crippen molar-refractivity contribution in [2.24, 2.45) is 5.41 Å². The Kier molecular flexibility index (Phi) is 7.40. The zero-order chi connectivity index (χ0) is 26.9. The van der Waals surface area contributed by atoms with Crippen LogP contribution in [0.3, 0.4) is 0 Å². The maximum Gasteiger partial charge on any atom is 0.332 e. The first-order chi connectivity index (χ1) is 17.5. The lowest BCUT2D eigenvalue weighted by molar-refractivity contribution is -0.130. The van der Waals surface area contributed by atoms with Crippen LogP contribution in [-0.4, -0.2) is 38.0 Å². The molecule has 0 fully saturated rings. The fourth-order valence-corrected chi connectivity index (χ4v) is 5.66. The Morgan fingerprint density at radius 1 is 1.16 bits per heavy atom. The van der Waals surface area contributed by atoms with Gasteiger partial charge in [-0.15, -0.1) is 0 Å². The van der Waals surface area contributed by atoms with E-state index in [0.29, 0.717) is 23.2 Å². The van der Waals surface area contributed by atoms with Gasteiger partial charge in [0.05, 0.1) is 17.9 Å². The molecule has 0 unspecified atom stereocenters. The molecule has 0 saturated heterocycles. The fourth-order valence-electron chi connectivity index (χ4n) is 4.39. The molecule has 0 bridgehead atoms. The van der Waals surface area contributed by atoms with Crippen LogP contribution in [0.2, 0.25) is 0 Å². The van der Waals surface area contributed by atoms with Gasteiger partial charge >= 0.3 is 5.69 Å². The maximum absolute atomic E-state index is 13.9. The van der Waals surface area contributed by atoms with E-state index in [1.807, 2.05) is 57.3 Å². The van der Waals surface area contributed by atoms with Gasteiger partial charge in [0.1, 0.15) is 15.6 Å². The summed E-state index contributed by atoms with van der Waals surface area (Å²) < 4.78 is 10.1. The van der Waals surface area contributed by atoms with Crippen molar-refractivity contribution in [3.05, 3.63) is 74.7 Å². The number of nitrogens with one attached hydrogen (secondary N) is 1. The quantitative estimate of drug-likeness (QED) is 0.362. The summed E-state index contributed by atoms with van der Waals surface area (Å²) in [4.78, 5) is 41.1. The molecule has 1 N–H and O–H groups in total. The third-order valence-corrected chi connectivity index (χ3v) is 7.67. The average Bonchev–Trinajstić information content (AvgIpc) is 3.49. The first-order valence-electron chi connectivity index (χ1n) is 12.2. The number of thiophene rings is 1. The number of fused-ring (bicyclic) bond motifs is 1. The van der Waals surface area contributed by atoms with Crippen molar-refractivity contribution >= 4 is 27.5 Å². The summed E-state index contributed by atoms with van der Waals surface area (Å²) in [6.07, 6.45) is 4.02. The van der Waals surface area contributed by atoms with Crippen molar-refractivity contribution in [1.29, 1.82) is 0 Å². The zero-order valence-electron chi connectivity index (χ0n) is 22.1. The monoisotopic (exact) mass is 523 g/mol. The molecule has 4 rings (SSSR count). The van der Waals surface area contributed by atoms with E-state index in [4.69, 9.17) is 4.74 Å². The van der Waals surface area contributed by atoms with Crippen molar-refractivity contribution < 1.29 is 9.53 Å². The molecular weight excluding hydrogens is 490 g/mol. The highest BCUT2D eigenvalue weighted by Crippen LogP contribution is 2.31. The number of para-hydroxylation sites is 1. The molecule has 9 nitrogen and oxygen atoms in total. The van der Waals surface area contributed by atoms with Crippen molar-refractivity contribution in [3.63, 3.8) is 0 Å². The molecule has 0 atom stereocenters. The van der Waals surface area contributed by atoms with Crippen LogP contribution in [0, 0.1) is 12.3 Å². The molecule has 0 aliphatic heterocycles. The number of amides is 1. The van der Waals surface area contributed by atoms with E-state index in [1.54, 1.807) is 36.4 Å². The second-order valence-corrected chi connectivity index (χ2v) is 11.0. The molecule has 0 saturated carbocycles. The number of ether oxygens (including phenoxy) is 1. The van der Waals surface area contributed by atoms with Gasteiger partial charge in [-0.2, -0.15) is 5.10 Å². The van der Waals surface area contributed by atoms with E-state index in [0.717, 1.165) is 21.9 Å². The number of benzene rings is 1. The zero-order valence-corrected chi connectivity index (χ0v) is 22.9. The Hall–Kier alpha value is -3.66. The second-order valence-electron chi connectivity index (χ2n) is 10.1. The average molecular weight is 524 g/mol. The highest BCUT2D eigenvalue weighted by molar-refractivity contribution is 7.21. The van der Waals surface area contributed by atoms with E-state index < -0.39 is 16.7 Å². The summed E-state index contributed by atoms with van der Waals surface area (Å²) in [6, 6.07) is 9.43. The van der Waals surface area contributed by atoms with Crippen LogP contribution in [0.5, 0.6) is 5.75 Å². The van der Waals surface area contributed by atoms with Crippen LogP contribution in [0.1, 0.15) is 38.8 Å². The number of carbonyl (C=O) groups is 1. The molecule has 4 aromatic rings. The van der Waals surface area contributed by atoms with Gasteiger partial charge in [-0.05, 0) is 58.7 Å². The smallest absolute Gasteiger partial charge is 0.332 e. The summed E-state index contributed by atoms with van der Waals surface area (Å²) in [5, 5.41) is 8.48. The summed E-state index contributed by atoms with van der Waals surface area (Å²) in [5.74, 6) is 0.528. The van der Waals surface area contributed by atoms with Gasteiger partial charge in [0.2, 0.25) is 5.91 Å². The Morgan fingerprint density at radius 3 is 2.54 bits per heavy atom. The molecular formula is C27H33N5O4S. The lowest BCUT2D eigenvalue weighted by atomic mass is 9.91. The summed E-state index contributed by atoms with van der Waals surface area (Å²) >= 11 is 1.36. The van der Waals surface area contributed by atoms with Crippen LogP contribution in [-0.2, 0) is 24.3 Å². The van der Waals surface area contributed by atoms with Crippen LogP contribution in [0.4, 0.5) is 0 Å². The van der Waals surface area contributed by atoms with Gasteiger partial charge < -0.3 is 10.1 Å². The van der Waals surface area contributed by atoms with Crippen LogP contribution in [0.15, 0.2) is 52.3 Å². The van der Waals surface area contributed by atoms with Crippen molar-refractivity contribution in [2.45, 2.75) is 60.2 Å². The number of methoxy groups -OCH3 is 1. The van der Waals surface area contributed by atoms with Crippen LogP contribution >= 0.6 is 11.3 Å². The van der Waals surface area contributed by atoms with Gasteiger partial charge in [-0.25, -0.2) is 9.48 Å². The fraction of sp³-hybridized carbons (Fsp3) is 0.407. The van der Waals surface area contributed by atoms with Crippen LogP contribution in [0.25, 0.3) is 15.2 Å². The molecule has 0 aliphatic rings. The summed E-state index contributed by atoms with van der Waals surface area (Å²) in [6.45, 7) is 9.41. The number of aryl methyl sites for hydroxylation is 3. The summed E-state index contributed by atoms with van der Waals surface area (Å²) in [5.41, 5.74) is -0.106. The first kappa shape index (κ1) is 26.4. The number of hydrogen-bond donors (Lipinski definition) is 1. The van der Waals surface area contributed by atoms with Gasteiger partial charge in [0.25, 0.3) is 5.56 Å². The number of carbonyl (C=O) groups excluding carboxylic acids is 1. The maximum atomic E-state index is 13.9. The normalized spacial score (nSPS) is 11.9. The third kappa shape index (κ3) is 5.11. The Balaban J connectivity index is 1.88. The predicted octanol–water partition coefficient (Wildman–Crippen LogP) is 3.52. The standard InChI is InChI=1S/C27H33N5O4S/c1-17(2)29-25(34)27(4,5)16-31-22(33)21-18(3)23(32-14-9-13-28-32)37-24(21)30(26(31)35)15-12-19-10-7-8-11-20(19)36-6/h7-11,13-14,17H,12,15-16H2,1-6H3,(H,29,34). The molecule has 0 radical (unpaired) electrons. The molecule has 10 heteroatoms. The van der Waals surface area contributed by atoms with E-state index in [2.05, 4.69) is 10.4 Å². The minimum atomic E-state index is -0.976. The Morgan fingerprint density at radius 2 is 1.89 bits per heavy atom. The van der Waals surface area contributed by atoms with Crippen molar-refractivity contribution in [1.82, 2.24) is 24.2 Å². The molecule has 1 amide bonds. The minimum absolute atomic E-state index is 0.0415. The van der Waals surface area contributed by atoms with Gasteiger partial charge in [-0.1, -0.05) is 29.5 Å². The van der Waals surface area contributed by atoms with Crippen LogP contribution < -0.4 is 21.3 Å². The largest absolute Gasteiger partial charge is 0.496 e. The highest BCUT2D eigenvalue weighted by atomic mass is 32.1. The number of rotatable bonds is 9. The number of hydrogen-bond acceptors (Lipinski definition) is 6. The first-order valence-corrected chi connectivity index (χ1v) is 13.1. The van der Waals surface area contributed by atoms with Gasteiger partial charge in [0.15, 0.2) is 0 Å². The van der Waals surface area contributed by atoms with Crippen molar-refractivity contribution in [3.8, 4) is 10.8 Å². The SMILES string of the molecule is COc1ccccc1CCn1c(=O)n(CC(C)(C)C(=O)NC(C)C)c(=O)c2c(C)c(-n3cccn3)sc21. The second kappa shape index (κ2) is 10.4. The lowest BCUT2D eigenvalue weighted by Crippen LogP contribution is -2.48. The molecule has 3 aromatic heterocycles. The molecule has 0 aliphatic carbocycles.